The lowest BCUT2D eigenvalue weighted by molar-refractivity contribution is -0.127. The number of carbonyl (C=O) groups is 3. The van der Waals surface area contributed by atoms with Crippen molar-refractivity contribution in [1.82, 2.24) is 10.2 Å². The number of para-hydroxylation sites is 1. The molecule has 2 aliphatic rings. The topological polar surface area (TPSA) is 78.5 Å². The lowest BCUT2D eigenvalue weighted by Gasteiger charge is -2.36. The Kier molecular flexibility index (Phi) is 5.03. The quantitative estimate of drug-likeness (QED) is 0.878. The molecule has 1 saturated carbocycles. The van der Waals surface area contributed by atoms with Crippen molar-refractivity contribution >= 4 is 34.6 Å². The van der Waals surface area contributed by atoms with Gasteiger partial charge in [-0.25, -0.2) is 9.18 Å². The molecule has 4 amide bonds. The van der Waals surface area contributed by atoms with E-state index in [2.05, 4.69) is 10.6 Å². The van der Waals surface area contributed by atoms with Gasteiger partial charge < -0.3 is 10.6 Å². The minimum Gasteiger partial charge on any atom is -0.333 e. The molecule has 2 unspecified atom stereocenters. The molecule has 0 aromatic heterocycles. The van der Waals surface area contributed by atoms with Crippen molar-refractivity contribution in [1.29, 1.82) is 0 Å². The smallest absolute Gasteiger partial charge is 0.319 e. The highest BCUT2D eigenvalue weighted by molar-refractivity contribution is 8.14. The zero-order valence-electron chi connectivity index (χ0n) is 13.0. The first-order chi connectivity index (χ1) is 11.6. The average Bonchev–Trinajstić information content (AvgIpc) is 2.89. The van der Waals surface area contributed by atoms with E-state index < -0.39 is 11.8 Å². The maximum Gasteiger partial charge on any atom is 0.319 e. The molecule has 1 aromatic rings. The van der Waals surface area contributed by atoms with Gasteiger partial charge in [0, 0.05) is 0 Å². The monoisotopic (exact) mass is 351 g/mol. The van der Waals surface area contributed by atoms with E-state index in [-0.39, 0.29) is 34.7 Å². The Morgan fingerprint density at radius 3 is 2.67 bits per heavy atom. The molecule has 0 bridgehead atoms. The van der Waals surface area contributed by atoms with Crippen molar-refractivity contribution in [3.05, 3.63) is 30.1 Å². The summed E-state index contributed by atoms with van der Waals surface area (Å²) < 4.78 is 13.6. The van der Waals surface area contributed by atoms with Crippen LogP contribution in [0.4, 0.5) is 19.7 Å². The van der Waals surface area contributed by atoms with Crippen LogP contribution in [0.3, 0.4) is 0 Å². The lowest BCUT2D eigenvalue weighted by atomic mass is 9.89. The number of hydrogen-bond acceptors (Lipinski definition) is 4. The molecule has 24 heavy (non-hydrogen) atoms. The Bertz CT molecular complexity index is 654. The first kappa shape index (κ1) is 16.8. The molecule has 3 rings (SSSR count). The molecule has 128 valence electrons. The summed E-state index contributed by atoms with van der Waals surface area (Å²) in [7, 11) is 0. The van der Waals surface area contributed by atoms with Crippen molar-refractivity contribution in [2.75, 3.05) is 11.1 Å². The third-order valence-electron chi connectivity index (χ3n) is 4.28. The number of nitrogens with zero attached hydrogens (tertiary/aromatic N) is 1. The molecular formula is C16H18FN3O3S. The van der Waals surface area contributed by atoms with Crippen LogP contribution in [0.1, 0.15) is 25.7 Å². The van der Waals surface area contributed by atoms with Crippen LogP contribution in [0.2, 0.25) is 0 Å². The van der Waals surface area contributed by atoms with E-state index in [0.717, 1.165) is 24.6 Å². The fourth-order valence-electron chi connectivity index (χ4n) is 3.16. The molecule has 6 nitrogen and oxygen atoms in total. The van der Waals surface area contributed by atoms with Crippen molar-refractivity contribution in [3.63, 3.8) is 0 Å². The minimum absolute atomic E-state index is 0.0891. The number of urea groups is 1. The highest BCUT2D eigenvalue weighted by atomic mass is 32.2. The van der Waals surface area contributed by atoms with Crippen LogP contribution in [-0.4, -0.2) is 39.9 Å². The van der Waals surface area contributed by atoms with Gasteiger partial charge in [0.05, 0.1) is 23.5 Å². The van der Waals surface area contributed by atoms with Gasteiger partial charge in [-0.3, -0.25) is 14.5 Å². The van der Waals surface area contributed by atoms with Crippen molar-refractivity contribution < 1.29 is 18.8 Å². The van der Waals surface area contributed by atoms with Gasteiger partial charge in [-0.1, -0.05) is 36.7 Å². The molecular weight excluding hydrogens is 333 g/mol. The summed E-state index contributed by atoms with van der Waals surface area (Å²) in [5.41, 5.74) is 0.0891. The fraction of sp³-hybridized carbons (Fsp3) is 0.438. The van der Waals surface area contributed by atoms with E-state index in [9.17, 15) is 18.8 Å². The molecule has 1 aliphatic carbocycles. The van der Waals surface area contributed by atoms with E-state index in [0.29, 0.717) is 12.8 Å². The first-order valence-electron chi connectivity index (χ1n) is 7.87. The molecule has 2 N–H and O–H groups in total. The second kappa shape index (κ2) is 7.21. The van der Waals surface area contributed by atoms with Crippen molar-refractivity contribution in [3.8, 4) is 0 Å². The molecule has 0 radical (unpaired) electrons. The summed E-state index contributed by atoms with van der Waals surface area (Å²) >= 11 is 0.992. The van der Waals surface area contributed by atoms with Crippen LogP contribution < -0.4 is 10.6 Å². The van der Waals surface area contributed by atoms with Crippen LogP contribution in [-0.2, 0) is 4.79 Å². The molecule has 1 saturated heterocycles. The summed E-state index contributed by atoms with van der Waals surface area (Å²) in [6, 6.07) is 4.70. The molecule has 2 atom stereocenters. The number of thioether (sulfide) groups is 1. The third kappa shape index (κ3) is 3.53. The maximum absolute atomic E-state index is 13.6. The fourth-order valence-corrected chi connectivity index (χ4v) is 3.93. The second-order valence-electron chi connectivity index (χ2n) is 5.85. The van der Waals surface area contributed by atoms with E-state index in [4.69, 9.17) is 0 Å². The zero-order chi connectivity index (χ0) is 17.1. The van der Waals surface area contributed by atoms with Gasteiger partial charge in [0.2, 0.25) is 5.91 Å². The third-order valence-corrected chi connectivity index (χ3v) is 5.12. The molecule has 1 aromatic carbocycles. The molecule has 2 fully saturated rings. The Morgan fingerprint density at radius 1 is 1.21 bits per heavy atom. The summed E-state index contributed by atoms with van der Waals surface area (Å²) in [5.74, 6) is -0.573. The van der Waals surface area contributed by atoms with Crippen LogP contribution >= 0.6 is 11.8 Å². The summed E-state index contributed by atoms with van der Waals surface area (Å²) in [6.07, 6.45) is 3.16. The lowest BCUT2D eigenvalue weighted by Crippen LogP contribution is -2.55. The van der Waals surface area contributed by atoms with Crippen LogP contribution in [0, 0.1) is 5.82 Å². The second-order valence-corrected chi connectivity index (χ2v) is 6.78. The number of imide groups is 1. The number of rotatable bonds is 3. The highest BCUT2D eigenvalue weighted by Gasteiger charge is 2.41. The average molecular weight is 351 g/mol. The molecule has 1 heterocycles. The standard InChI is InChI=1S/C16H18FN3O3S/c17-10-5-1-2-6-11(10)18-15(22)19-12-7-3-4-8-13(12)20-14(21)9-24-16(20)23/h1-2,5-6,12-13H,3-4,7-9H2,(H2,18,19,22). The Balaban J connectivity index is 1.67. The van der Waals surface area contributed by atoms with Crippen molar-refractivity contribution in [2.24, 2.45) is 0 Å². The van der Waals surface area contributed by atoms with Gasteiger partial charge in [0.15, 0.2) is 0 Å². The van der Waals surface area contributed by atoms with Gasteiger partial charge in [0.25, 0.3) is 5.24 Å². The van der Waals surface area contributed by atoms with Crippen LogP contribution in [0.25, 0.3) is 0 Å². The predicted molar refractivity (Wildman–Crippen MR) is 89.3 cm³/mol. The summed E-state index contributed by atoms with van der Waals surface area (Å²) in [4.78, 5) is 37.3. The number of benzene rings is 1. The number of nitrogens with one attached hydrogen (secondary N) is 2. The van der Waals surface area contributed by atoms with E-state index in [1.165, 1.54) is 23.1 Å². The largest absolute Gasteiger partial charge is 0.333 e. The van der Waals surface area contributed by atoms with Gasteiger partial charge in [0.1, 0.15) is 5.82 Å². The summed E-state index contributed by atoms with van der Waals surface area (Å²) in [6.45, 7) is 0. The maximum atomic E-state index is 13.6. The van der Waals surface area contributed by atoms with E-state index in [1.807, 2.05) is 0 Å². The van der Waals surface area contributed by atoms with Gasteiger partial charge in [-0.2, -0.15) is 0 Å². The molecule has 0 spiro atoms. The SMILES string of the molecule is O=C(Nc1ccccc1F)NC1CCCCC1N1C(=O)CSC1=O. The Labute approximate surface area is 143 Å². The highest BCUT2D eigenvalue weighted by Crippen LogP contribution is 2.30. The van der Waals surface area contributed by atoms with Crippen LogP contribution in [0.15, 0.2) is 24.3 Å². The Hall–Kier alpha value is -2.09. The number of halogens is 1. The van der Waals surface area contributed by atoms with E-state index in [1.54, 1.807) is 6.07 Å². The summed E-state index contributed by atoms with van der Waals surface area (Å²) in [5, 5.41) is 5.01. The van der Waals surface area contributed by atoms with Gasteiger partial charge in [-0.15, -0.1) is 0 Å². The zero-order valence-corrected chi connectivity index (χ0v) is 13.8. The minimum atomic E-state index is -0.538. The number of carbonyl (C=O) groups excluding carboxylic acids is 3. The van der Waals surface area contributed by atoms with E-state index >= 15 is 0 Å². The molecule has 1 aliphatic heterocycles. The predicted octanol–water partition coefficient (Wildman–Crippen LogP) is 2.95. The number of hydrogen-bond donors (Lipinski definition) is 2. The molecule has 8 heteroatoms. The van der Waals surface area contributed by atoms with Gasteiger partial charge >= 0.3 is 6.03 Å². The number of anilines is 1. The van der Waals surface area contributed by atoms with Crippen molar-refractivity contribution in [2.45, 2.75) is 37.8 Å². The Morgan fingerprint density at radius 2 is 1.96 bits per heavy atom. The normalized spacial score (nSPS) is 24.1. The van der Waals surface area contributed by atoms with Crippen LogP contribution in [0.5, 0.6) is 0 Å². The first-order valence-corrected chi connectivity index (χ1v) is 8.85. The van der Waals surface area contributed by atoms with Gasteiger partial charge in [-0.05, 0) is 25.0 Å². The number of amides is 4.